The normalized spacial score (nSPS) is 15.2. The van der Waals surface area contributed by atoms with E-state index in [0.717, 1.165) is 24.1 Å². The van der Waals surface area contributed by atoms with Crippen LogP contribution < -0.4 is 5.14 Å². The molecule has 0 radical (unpaired) electrons. The molecule has 2 N–H and O–H groups in total. The number of fused-ring (bicyclic) bond motifs is 1. The van der Waals surface area contributed by atoms with Crippen LogP contribution in [0, 0.1) is 0 Å². The molecule has 5 heteroatoms. The molecule has 1 heterocycles. The Bertz CT molecular complexity index is 492. The lowest BCUT2D eigenvalue weighted by molar-refractivity contribution is 0.597. The first-order valence-electron chi connectivity index (χ1n) is 4.25. The van der Waals surface area contributed by atoms with Gasteiger partial charge in [-0.2, -0.15) is 0 Å². The van der Waals surface area contributed by atoms with Crippen molar-refractivity contribution < 1.29 is 8.42 Å². The van der Waals surface area contributed by atoms with Gasteiger partial charge in [-0.3, -0.25) is 4.98 Å². The van der Waals surface area contributed by atoms with Gasteiger partial charge in [0.15, 0.2) is 0 Å². The molecule has 0 saturated carbocycles. The number of allylic oxidation sites excluding steroid dienone is 1. The van der Waals surface area contributed by atoms with Gasteiger partial charge in [0.05, 0.1) is 0 Å². The molecule has 0 aliphatic heterocycles. The molecule has 0 amide bonds. The lowest BCUT2D eigenvalue weighted by Crippen LogP contribution is -2.13. The highest BCUT2D eigenvalue weighted by atomic mass is 32.2. The van der Waals surface area contributed by atoms with E-state index in [4.69, 9.17) is 5.14 Å². The Hall–Kier alpha value is -1.20. The Morgan fingerprint density at radius 2 is 2.21 bits per heavy atom. The number of hydrogen-bond donors (Lipinski definition) is 1. The summed E-state index contributed by atoms with van der Waals surface area (Å²) in [7, 11) is -3.63. The maximum absolute atomic E-state index is 11.0. The molecular weight excluding hydrogens is 200 g/mol. The summed E-state index contributed by atoms with van der Waals surface area (Å²) in [5, 5.41) is 5.00. The van der Waals surface area contributed by atoms with Gasteiger partial charge in [-0.15, -0.1) is 0 Å². The van der Waals surface area contributed by atoms with Gasteiger partial charge in [0.2, 0.25) is 10.0 Å². The van der Waals surface area contributed by atoms with Crippen LogP contribution in [-0.2, 0) is 16.4 Å². The Morgan fingerprint density at radius 1 is 1.43 bits per heavy atom. The van der Waals surface area contributed by atoms with Gasteiger partial charge < -0.3 is 0 Å². The van der Waals surface area contributed by atoms with Gasteiger partial charge in [-0.05, 0) is 24.5 Å². The molecule has 0 bridgehead atoms. The van der Waals surface area contributed by atoms with Crippen LogP contribution in [0.5, 0.6) is 0 Å². The number of nitrogens with two attached hydrogens (primary N) is 1. The zero-order valence-electron chi connectivity index (χ0n) is 7.47. The summed E-state index contributed by atoms with van der Waals surface area (Å²) in [5.74, 6) is 0. The maximum Gasteiger partial charge on any atom is 0.239 e. The minimum Gasteiger partial charge on any atom is -0.259 e. The van der Waals surface area contributed by atoms with Crippen molar-refractivity contribution in [3.05, 3.63) is 29.6 Å². The first-order valence-corrected chi connectivity index (χ1v) is 5.80. The Balaban J connectivity index is 2.56. The van der Waals surface area contributed by atoms with Gasteiger partial charge in [0.25, 0.3) is 0 Å². The van der Waals surface area contributed by atoms with Crippen molar-refractivity contribution in [2.24, 2.45) is 5.14 Å². The van der Waals surface area contributed by atoms with E-state index >= 15 is 0 Å². The van der Waals surface area contributed by atoms with Crippen molar-refractivity contribution in [3.63, 3.8) is 0 Å². The van der Waals surface area contributed by atoms with Gasteiger partial charge in [0.1, 0.15) is 4.90 Å². The fraction of sp³-hybridized carbons (Fsp3) is 0.222. The maximum atomic E-state index is 11.0. The Kier molecular flexibility index (Phi) is 2.13. The van der Waals surface area contributed by atoms with Crippen LogP contribution in [0.15, 0.2) is 23.2 Å². The summed E-state index contributed by atoms with van der Waals surface area (Å²) in [6.07, 6.45) is 7.00. The highest BCUT2D eigenvalue weighted by molar-refractivity contribution is 7.89. The molecular formula is C9H10N2O2S. The molecule has 0 saturated heterocycles. The predicted octanol–water partition coefficient (Wildman–Crippen LogP) is 0.688. The summed E-state index contributed by atoms with van der Waals surface area (Å²) in [6.45, 7) is 0. The largest absolute Gasteiger partial charge is 0.259 e. The second-order valence-electron chi connectivity index (χ2n) is 3.19. The zero-order chi connectivity index (χ0) is 10.2. The Morgan fingerprint density at radius 3 is 2.93 bits per heavy atom. The van der Waals surface area contributed by atoms with E-state index < -0.39 is 10.0 Å². The molecule has 0 unspecified atom stereocenters. The molecule has 14 heavy (non-hydrogen) atoms. The van der Waals surface area contributed by atoms with E-state index in [1.807, 2.05) is 12.2 Å². The molecule has 74 valence electrons. The lowest BCUT2D eigenvalue weighted by atomic mass is 10.0. The smallest absolute Gasteiger partial charge is 0.239 e. The first-order chi connectivity index (χ1) is 6.57. The number of sulfonamides is 1. The number of primary sulfonamides is 1. The summed E-state index contributed by atoms with van der Waals surface area (Å²) >= 11 is 0. The second-order valence-corrected chi connectivity index (χ2v) is 4.75. The third kappa shape index (κ3) is 1.69. The average molecular weight is 210 g/mol. The number of pyridine rings is 1. The molecule has 1 aliphatic carbocycles. The van der Waals surface area contributed by atoms with Crippen LogP contribution in [0.2, 0.25) is 0 Å². The van der Waals surface area contributed by atoms with E-state index in [9.17, 15) is 8.42 Å². The summed E-state index contributed by atoms with van der Waals surface area (Å²) in [4.78, 5) is 4.15. The quantitative estimate of drug-likeness (QED) is 0.741. The van der Waals surface area contributed by atoms with Gasteiger partial charge in [-0.1, -0.05) is 12.2 Å². The number of rotatable bonds is 1. The van der Waals surface area contributed by atoms with Crippen molar-refractivity contribution in [2.45, 2.75) is 17.7 Å². The third-order valence-electron chi connectivity index (χ3n) is 2.15. The van der Waals surface area contributed by atoms with Crippen molar-refractivity contribution in [1.29, 1.82) is 0 Å². The van der Waals surface area contributed by atoms with Crippen molar-refractivity contribution >= 4 is 16.1 Å². The first kappa shape index (κ1) is 9.36. The minimum atomic E-state index is -3.63. The van der Waals surface area contributed by atoms with Crippen LogP contribution in [0.3, 0.4) is 0 Å². The molecule has 0 atom stereocenters. The third-order valence-corrected chi connectivity index (χ3v) is 3.03. The highest BCUT2D eigenvalue weighted by Gasteiger charge is 2.12. The molecule has 4 nitrogen and oxygen atoms in total. The topological polar surface area (TPSA) is 73.1 Å². The van der Waals surface area contributed by atoms with E-state index in [1.54, 1.807) is 6.07 Å². The molecule has 0 spiro atoms. The predicted molar refractivity (Wildman–Crippen MR) is 53.0 cm³/mol. The number of hydrogen-bond acceptors (Lipinski definition) is 3. The van der Waals surface area contributed by atoms with E-state index in [-0.39, 0.29) is 4.90 Å². The fourth-order valence-electron chi connectivity index (χ4n) is 1.43. The van der Waals surface area contributed by atoms with E-state index in [2.05, 4.69) is 4.98 Å². The molecule has 2 rings (SSSR count). The van der Waals surface area contributed by atoms with Crippen molar-refractivity contribution in [3.8, 4) is 0 Å². The highest BCUT2D eigenvalue weighted by Crippen LogP contribution is 2.19. The van der Waals surface area contributed by atoms with Gasteiger partial charge in [-0.25, -0.2) is 13.6 Å². The molecule has 0 aromatic carbocycles. The van der Waals surface area contributed by atoms with E-state index in [1.165, 1.54) is 6.20 Å². The van der Waals surface area contributed by atoms with Crippen LogP contribution in [0.4, 0.5) is 0 Å². The van der Waals surface area contributed by atoms with Gasteiger partial charge in [0, 0.05) is 11.9 Å². The number of aromatic nitrogens is 1. The van der Waals surface area contributed by atoms with Crippen LogP contribution in [0.1, 0.15) is 17.7 Å². The van der Waals surface area contributed by atoms with E-state index in [0.29, 0.717) is 0 Å². The monoisotopic (exact) mass is 210 g/mol. The Labute approximate surface area is 82.5 Å². The molecule has 1 aromatic rings. The summed E-state index contributed by atoms with van der Waals surface area (Å²) < 4.78 is 22.1. The zero-order valence-corrected chi connectivity index (χ0v) is 8.29. The molecule has 1 aromatic heterocycles. The summed E-state index contributed by atoms with van der Waals surface area (Å²) in [5.41, 5.74) is 1.78. The minimum absolute atomic E-state index is 0.0720. The van der Waals surface area contributed by atoms with Crippen molar-refractivity contribution in [1.82, 2.24) is 4.98 Å². The van der Waals surface area contributed by atoms with Gasteiger partial charge >= 0.3 is 0 Å². The fourth-order valence-corrected chi connectivity index (χ4v) is 1.92. The number of aryl methyl sites for hydroxylation is 1. The van der Waals surface area contributed by atoms with Crippen LogP contribution in [0.25, 0.3) is 6.08 Å². The van der Waals surface area contributed by atoms with Crippen LogP contribution in [-0.4, -0.2) is 13.4 Å². The average Bonchev–Trinajstić information content (AvgIpc) is 2.16. The lowest BCUT2D eigenvalue weighted by Gasteiger charge is -2.09. The number of nitrogens with zero attached hydrogens (tertiary/aromatic N) is 1. The SMILES string of the molecule is NS(=O)(=O)c1cnc2c(c1)C=CCC2. The summed E-state index contributed by atoms with van der Waals surface area (Å²) in [6, 6.07) is 1.56. The molecule has 1 aliphatic rings. The second kappa shape index (κ2) is 3.18. The van der Waals surface area contributed by atoms with Crippen LogP contribution >= 0.6 is 0 Å². The molecule has 0 fully saturated rings. The van der Waals surface area contributed by atoms with Crippen molar-refractivity contribution in [2.75, 3.05) is 0 Å². The standard InChI is InChI=1S/C9H10N2O2S/c10-14(12,13)8-5-7-3-1-2-4-9(7)11-6-8/h1,3,5-6H,2,4H2,(H2,10,12,13).